The van der Waals surface area contributed by atoms with Crippen molar-refractivity contribution in [2.75, 3.05) is 23.8 Å². The molecule has 1 aliphatic carbocycles. The number of aromatic nitrogens is 2. The molecule has 30 heavy (non-hydrogen) atoms. The van der Waals surface area contributed by atoms with Gasteiger partial charge in [-0.05, 0) is 43.0 Å². The minimum absolute atomic E-state index is 0.0435. The number of hydrogen-bond acceptors (Lipinski definition) is 4. The highest BCUT2D eigenvalue weighted by Gasteiger charge is 2.19. The minimum atomic E-state index is -0.0435. The molecule has 0 spiro atoms. The summed E-state index contributed by atoms with van der Waals surface area (Å²) in [7, 11) is 1.99. The molecule has 2 N–H and O–H groups in total. The highest BCUT2D eigenvalue weighted by molar-refractivity contribution is 5.90. The van der Waals surface area contributed by atoms with Crippen molar-refractivity contribution in [3.63, 3.8) is 0 Å². The number of aromatic amines is 1. The van der Waals surface area contributed by atoms with Gasteiger partial charge in [0.25, 0.3) is 0 Å². The van der Waals surface area contributed by atoms with Gasteiger partial charge in [0, 0.05) is 25.8 Å². The summed E-state index contributed by atoms with van der Waals surface area (Å²) in [6.45, 7) is 1.40. The van der Waals surface area contributed by atoms with E-state index in [9.17, 15) is 4.79 Å². The summed E-state index contributed by atoms with van der Waals surface area (Å²) in [5.41, 5.74) is 4.61. The van der Waals surface area contributed by atoms with Gasteiger partial charge in [-0.25, -0.2) is 4.79 Å². The van der Waals surface area contributed by atoms with Crippen molar-refractivity contribution in [3.8, 4) is 6.07 Å². The van der Waals surface area contributed by atoms with Crippen LogP contribution in [0.5, 0.6) is 0 Å². The Kier molecular flexibility index (Phi) is 6.08. The summed E-state index contributed by atoms with van der Waals surface area (Å²) in [5.74, 6) is 0.567. The molecule has 0 saturated heterocycles. The van der Waals surface area contributed by atoms with Gasteiger partial charge in [0.1, 0.15) is 0 Å². The van der Waals surface area contributed by atoms with Crippen molar-refractivity contribution in [2.24, 2.45) is 5.92 Å². The lowest BCUT2D eigenvalue weighted by atomic mass is 9.89. The second-order valence-corrected chi connectivity index (χ2v) is 8.25. The Morgan fingerprint density at radius 2 is 1.97 bits per heavy atom. The van der Waals surface area contributed by atoms with Crippen LogP contribution in [0.15, 0.2) is 47.3 Å². The molecule has 0 radical (unpaired) electrons. The molecule has 1 saturated carbocycles. The van der Waals surface area contributed by atoms with Gasteiger partial charge in [-0.2, -0.15) is 5.26 Å². The summed E-state index contributed by atoms with van der Waals surface area (Å²) in [6.07, 6.45) is 6.66. The van der Waals surface area contributed by atoms with E-state index in [1.165, 1.54) is 32.1 Å². The van der Waals surface area contributed by atoms with E-state index in [1.807, 2.05) is 48.0 Å². The van der Waals surface area contributed by atoms with E-state index in [0.717, 1.165) is 34.6 Å². The molecular weight excluding hydrogens is 374 g/mol. The summed E-state index contributed by atoms with van der Waals surface area (Å²) in [4.78, 5) is 17.9. The monoisotopic (exact) mass is 403 g/mol. The van der Waals surface area contributed by atoms with Crippen LogP contribution < -0.4 is 15.9 Å². The van der Waals surface area contributed by atoms with Crippen LogP contribution in [0.2, 0.25) is 0 Å². The number of rotatable bonds is 7. The first-order chi connectivity index (χ1) is 14.7. The Hall–Kier alpha value is -3.20. The molecule has 6 nitrogen and oxygen atoms in total. The van der Waals surface area contributed by atoms with Crippen molar-refractivity contribution in [1.82, 2.24) is 9.55 Å². The Bertz CT molecular complexity index is 1090. The topological polar surface area (TPSA) is 76.8 Å². The van der Waals surface area contributed by atoms with E-state index in [-0.39, 0.29) is 5.69 Å². The van der Waals surface area contributed by atoms with Gasteiger partial charge >= 0.3 is 5.69 Å². The first-order valence-corrected chi connectivity index (χ1v) is 10.8. The van der Waals surface area contributed by atoms with Crippen LogP contribution in [0.25, 0.3) is 11.0 Å². The van der Waals surface area contributed by atoms with E-state index >= 15 is 0 Å². The van der Waals surface area contributed by atoms with Crippen molar-refractivity contribution in [2.45, 2.75) is 45.1 Å². The SMILES string of the molecule is CN(CCC#N)c1cc2c(cc1Nc1ccccc1)[nH]c(=O)n2CC1CCCCC1. The van der Waals surface area contributed by atoms with E-state index < -0.39 is 0 Å². The fourth-order valence-electron chi connectivity index (χ4n) is 4.43. The van der Waals surface area contributed by atoms with Gasteiger partial charge in [0.05, 0.1) is 34.9 Å². The lowest BCUT2D eigenvalue weighted by molar-refractivity contribution is 0.319. The lowest BCUT2D eigenvalue weighted by Crippen LogP contribution is -2.23. The molecule has 1 fully saturated rings. The molecule has 4 rings (SSSR count). The maximum absolute atomic E-state index is 12.8. The first-order valence-electron chi connectivity index (χ1n) is 10.8. The molecule has 1 heterocycles. The van der Waals surface area contributed by atoms with Crippen LogP contribution >= 0.6 is 0 Å². The van der Waals surface area contributed by atoms with Crippen LogP contribution in [-0.4, -0.2) is 23.1 Å². The third-order valence-corrected chi connectivity index (χ3v) is 6.08. The largest absolute Gasteiger partial charge is 0.372 e. The van der Waals surface area contributed by atoms with E-state index in [4.69, 9.17) is 5.26 Å². The fraction of sp³-hybridized carbons (Fsp3) is 0.417. The van der Waals surface area contributed by atoms with Crippen molar-refractivity contribution in [3.05, 3.63) is 52.9 Å². The van der Waals surface area contributed by atoms with Crippen molar-refractivity contribution >= 4 is 28.1 Å². The van der Waals surface area contributed by atoms with Gasteiger partial charge in [-0.3, -0.25) is 4.57 Å². The molecular formula is C24H29N5O. The fourth-order valence-corrected chi connectivity index (χ4v) is 4.43. The van der Waals surface area contributed by atoms with E-state index in [1.54, 1.807) is 0 Å². The van der Waals surface area contributed by atoms with Gasteiger partial charge < -0.3 is 15.2 Å². The normalized spacial score (nSPS) is 14.5. The van der Waals surface area contributed by atoms with Gasteiger partial charge in [-0.15, -0.1) is 0 Å². The second kappa shape index (κ2) is 9.08. The zero-order valence-corrected chi connectivity index (χ0v) is 17.5. The number of hydrogen-bond donors (Lipinski definition) is 2. The van der Waals surface area contributed by atoms with Crippen molar-refractivity contribution in [1.29, 1.82) is 5.26 Å². The molecule has 0 amide bonds. The molecule has 2 aromatic carbocycles. The average Bonchev–Trinajstić information content (AvgIpc) is 3.07. The first kappa shape index (κ1) is 20.1. The second-order valence-electron chi connectivity index (χ2n) is 8.25. The zero-order valence-electron chi connectivity index (χ0n) is 17.5. The molecule has 0 unspecified atom stereocenters. The number of imidazole rings is 1. The van der Waals surface area contributed by atoms with Crippen LogP contribution in [0, 0.1) is 17.2 Å². The number of nitrogens with zero attached hydrogens (tertiary/aromatic N) is 3. The molecule has 3 aromatic rings. The predicted octanol–water partition coefficient (Wildman–Crippen LogP) is 5.00. The van der Waals surface area contributed by atoms with Gasteiger partial charge in [0.15, 0.2) is 0 Å². The minimum Gasteiger partial charge on any atom is -0.372 e. The van der Waals surface area contributed by atoms with Gasteiger partial charge in [0.2, 0.25) is 0 Å². The Morgan fingerprint density at radius 3 is 2.70 bits per heavy atom. The number of nitriles is 1. The number of H-pyrrole nitrogens is 1. The smallest absolute Gasteiger partial charge is 0.326 e. The molecule has 156 valence electrons. The lowest BCUT2D eigenvalue weighted by Gasteiger charge is -2.24. The number of nitrogens with one attached hydrogen (secondary N) is 2. The zero-order chi connectivity index (χ0) is 20.9. The highest BCUT2D eigenvalue weighted by atomic mass is 16.1. The highest BCUT2D eigenvalue weighted by Crippen LogP contribution is 2.33. The van der Waals surface area contributed by atoms with Crippen molar-refractivity contribution < 1.29 is 0 Å². The molecule has 0 atom stereocenters. The molecule has 0 bridgehead atoms. The Labute approximate surface area is 177 Å². The number of anilines is 3. The maximum atomic E-state index is 12.8. The third kappa shape index (κ3) is 4.35. The Balaban J connectivity index is 1.74. The van der Waals surface area contributed by atoms with Crippen LogP contribution in [0.3, 0.4) is 0 Å². The summed E-state index contributed by atoms with van der Waals surface area (Å²) in [6, 6.07) is 16.3. The average molecular weight is 404 g/mol. The Morgan fingerprint density at radius 1 is 1.20 bits per heavy atom. The molecule has 6 heteroatoms. The standard InChI is InChI=1S/C24H29N5O/c1-28(14-8-13-25)22-16-23-21(15-20(22)26-19-11-6-3-7-12-19)27-24(30)29(23)17-18-9-4-2-5-10-18/h3,6-7,11-12,15-16,18,26H,2,4-5,8-10,14,17H2,1H3,(H,27,30). The quantitative estimate of drug-likeness (QED) is 0.582. The van der Waals surface area contributed by atoms with Crippen LogP contribution in [0.1, 0.15) is 38.5 Å². The molecule has 0 aliphatic heterocycles. The van der Waals surface area contributed by atoms with Gasteiger partial charge in [-0.1, -0.05) is 37.5 Å². The summed E-state index contributed by atoms with van der Waals surface area (Å²) >= 11 is 0. The summed E-state index contributed by atoms with van der Waals surface area (Å²) in [5, 5.41) is 12.5. The summed E-state index contributed by atoms with van der Waals surface area (Å²) < 4.78 is 1.90. The number of para-hydroxylation sites is 1. The predicted molar refractivity (Wildman–Crippen MR) is 122 cm³/mol. The number of fused-ring (bicyclic) bond motifs is 1. The maximum Gasteiger partial charge on any atom is 0.326 e. The van der Waals surface area contributed by atoms with E-state index in [2.05, 4.69) is 27.3 Å². The van der Waals surface area contributed by atoms with Crippen LogP contribution in [0.4, 0.5) is 17.1 Å². The molecule has 1 aliphatic rings. The van der Waals surface area contributed by atoms with E-state index in [0.29, 0.717) is 18.9 Å². The van der Waals surface area contributed by atoms with Crippen LogP contribution in [-0.2, 0) is 6.54 Å². The molecule has 1 aromatic heterocycles. The third-order valence-electron chi connectivity index (χ3n) is 6.08. The number of benzene rings is 2.